The molecule has 0 saturated carbocycles. The number of aromatic nitrogens is 2. The minimum atomic E-state index is -0.907. The number of carbonyl (C=O) groups excluding carboxylic acids is 2. The second-order valence-corrected chi connectivity index (χ2v) is 6.70. The standard InChI is InChI=1S/C16H20N4O5S/c1-8(2)12(13(21)18-15(17)22)26-16-20-19-14(25-16)9-5-10(23-3)7-11(6-9)24-4/h5-8,12H,1-4H3,(H3,17,18,21,22)/t12-/m1/s1. The number of amides is 3. The third kappa shape index (κ3) is 4.88. The molecule has 1 aromatic heterocycles. The highest BCUT2D eigenvalue weighted by Crippen LogP contribution is 2.32. The summed E-state index contributed by atoms with van der Waals surface area (Å²) >= 11 is 1.06. The number of hydrogen-bond acceptors (Lipinski definition) is 8. The topological polar surface area (TPSA) is 130 Å². The van der Waals surface area contributed by atoms with Crippen molar-refractivity contribution in [1.29, 1.82) is 0 Å². The number of nitrogens with one attached hydrogen (secondary N) is 1. The number of thioether (sulfide) groups is 1. The van der Waals surface area contributed by atoms with Crippen LogP contribution < -0.4 is 20.5 Å². The second-order valence-electron chi connectivity index (χ2n) is 5.61. The average molecular weight is 380 g/mol. The van der Waals surface area contributed by atoms with E-state index in [9.17, 15) is 9.59 Å². The number of hydrogen-bond donors (Lipinski definition) is 2. The first-order valence-electron chi connectivity index (χ1n) is 7.68. The number of nitrogens with zero attached hydrogens (tertiary/aromatic N) is 2. The van der Waals surface area contributed by atoms with Gasteiger partial charge >= 0.3 is 6.03 Å². The van der Waals surface area contributed by atoms with Crippen LogP contribution in [0, 0.1) is 5.92 Å². The molecule has 0 unspecified atom stereocenters. The highest BCUT2D eigenvalue weighted by Gasteiger charge is 2.27. The largest absolute Gasteiger partial charge is 0.497 e. The second kappa shape index (κ2) is 8.56. The molecule has 0 aliphatic heterocycles. The molecule has 9 nitrogen and oxygen atoms in total. The van der Waals surface area contributed by atoms with E-state index in [2.05, 4.69) is 15.5 Å². The Morgan fingerprint density at radius 2 is 1.77 bits per heavy atom. The number of rotatable bonds is 7. The maximum absolute atomic E-state index is 12.1. The number of nitrogens with two attached hydrogens (primary N) is 1. The molecule has 0 saturated heterocycles. The van der Waals surface area contributed by atoms with E-state index in [0.29, 0.717) is 17.1 Å². The van der Waals surface area contributed by atoms with Gasteiger partial charge in [-0.2, -0.15) is 0 Å². The van der Waals surface area contributed by atoms with Crippen molar-refractivity contribution in [2.75, 3.05) is 14.2 Å². The van der Waals surface area contributed by atoms with Crippen LogP contribution in [0.4, 0.5) is 4.79 Å². The molecule has 1 aromatic carbocycles. The molecule has 0 bridgehead atoms. The molecule has 0 aliphatic rings. The zero-order valence-electron chi connectivity index (χ0n) is 14.8. The number of urea groups is 1. The Balaban J connectivity index is 2.23. The average Bonchev–Trinajstić information content (AvgIpc) is 3.07. The van der Waals surface area contributed by atoms with Gasteiger partial charge in [0.25, 0.3) is 5.22 Å². The number of imide groups is 1. The van der Waals surface area contributed by atoms with Gasteiger partial charge < -0.3 is 19.6 Å². The lowest BCUT2D eigenvalue weighted by Gasteiger charge is -2.16. The Morgan fingerprint density at radius 3 is 2.27 bits per heavy atom. The van der Waals surface area contributed by atoms with Gasteiger partial charge in [-0.1, -0.05) is 25.6 Å². The number of benzene rings is 1. The number of ether oxygens (including phenoxy) is 2. The summed E-state index contributed by atoms with van der Waals surface area (Å²) in [5, 5.41) is 9.60. The van der Waals surface area contributed by atoms with Crippen molar-refractivity contribution in [1.82, 2.24) is 15.5 Å². The molecule has 3 amide bonds. The fourth-order valence-corrected chi connectivity index (χ4v) is 2.97. The lowest BCUT2D eigenvalue weighted by molar-refractivity contribution is -0.120. The summed E-state index contributed by atoms with van der Waals surface area (Å²) in [4.78, 5) is 23.0. The first kappa shape index (κ1) is 19.6. The minimum Gasteiger partial charge on any atom is -0.497 e. The van der Waals surface area contributed by atoms with Crippen molar-refractivity contribution in [2.45, 2.75) is 24.3 Å². The van der Waals surface area contributed by atoms with E-state index < -0.39 is 17.2 Å². The number of methoxy groups -OCH3 is 2. The van der Waals surface area contributed by atoms with E-state index >= 15 is 0 Å². The van der Waals surface area contributed by atoms with Crippen molar-refractivity contribution in [2.24, 2.45) is 11.7 Å². The summed E-state index contributed by atoms with van der Waals surface area (Å²) < 4.78 is 16.1. The Labute approximate surface area is 154 Å². The fourth-order valence-electron chi connectivity index (χ4n) is 2.10. The highest BCUT2D eigenvalue weighted by atomic mass is 32.2. The molecule has 0 fully saturated rings. The Hall–Kier alpha value is -2.75. The molecule has 0 radical (unpaired) electrons. The molecule has 26 heavy (non-hydrogen) atoms. The number of primary amides is 1. The summed E-state index contributed by atoms with van der Waals surface area (Å²) in [5.74, 6) is 0.801. The summed E-state index contributed by atoms with van der Waals surface area (Å²) in [7, 11) is 3.08. The molecule has 140 valence electrons. The predicted molar refractivity (Wildman–Crippen MR) is 95.0 cm³/mol. The van der Waals surface area contributed by atoms with Gasteiger partial charge in [-0.15, -0.1) is 10.2 Å². The van der Waals surface area contributed by atoms with Gasteiger partial charge in [-0.25, -0.2) is 4.79 Å². The zero-order chi connectivity index (χ0) is 19.3. The molecule has 10 heteroatoms. The van der Waals surface area contributed by atoms with Crippen LogP contribution in [0.5, 0.6) is 11.5 Å². The van der Waals surface area contributed by atoms with Gasteiger partial charge in [0, 0.05) is 11.6 Å². The first-order chi connectivity index (χ1) is 12.3. The molecule has 3 N–H and O–H groups in total. The van der Waals surface area contributed by atoms with Gasteiger partial charge in [0.15, 0.2) is 0 Å². The third-order valence-corrected chi connectivity index (χ3v) is 4.72. The van der Waals surface area contributed by atoms with Crippen LogP contribution in [-0.2, 0) is 4.79 Å². The smallest absolute Gasteiger partial charge is 0.318 e. The molecule has 1 heterocycles. The summed E-state index contributed by atoms with van der Waals surface area (Å²) in [6.07, 6.45) is 0. The molecule has 2 aromatic rings. The van der Waals surface area contributed by atoms with Crippen LogP contribution in [-0.4, -0.2) is 41.6 Å². The van der Waals surface area contributed by atoms with Crippen LogP contribution in [0.2, 0.25) is 0 Å². The third-order valence-electron chi connectivity index (χ3n) is 3.34. The van der Waals surface area contributed by atoms with E-state index in [4.69, 9.17) is 19.6 Å². The zero-order valence-corrected chi connectivity index (χ0v) is 15.6. The lowest BCUT2D eigenvalue weighted by atomic mass is 10.1. The van der Waals surface area contributed by atoms with Crippen molar-refractivity contribution in [3.05, 3.63) is 18.2 Å². The number of carbonyl (C=O) groups is 2. The molecule has 2 rings (SSSR count). The van der Waals surface area contributed by atoms with Crippen molar-refractivity contribution in [3.8, 4) is 23.0 Å². The Bertz CT molecular complexity index is 770. The quantitative estimate of drug-likeness (QED) is 0.698. The van der Waals surface area contributed by atoms with Gasteiger partial charge in [-0.3, -0.25) is 10.1 Å². The van der Waals surface area contributed by atoms with E-state index in [1.807, 2.05) is 13.8 Å². The van der Waals surface area contributed by atoms with Crippen molar-refractivity contribution >= 4 is 23.7 Å². The first-order valence-corrected chi connectivity index (χ1v) is 8.56. The van der Waals surface area contributed by atoms with Crippen LogP contribution in [0.15, 0.2) is 27.8 Å². The molecule has 0 spiro atoms. The lowest BCUT2D eigenvalue weighted by Crippen LogP contribution is -2.42. The molecule has 1 atom stereocenters. The van der Waals surface area contributed by atoms with E-state index in [0.717, 1.165) is 11.8 Å². The summed E-state index contributed by atoms with van der Waals surface area (Å²) in [5.41, 5.74) is 5.62. The summed E-state index contributed by atoms with van der Waals surface area (Å²) in [6.45, 7) is 3.67. The van der Waals surface area contributed by atoms with Crippen LogP contribution in [0.1, 0.15) is 13.8 Å². The Morgan fingerprint density at radius 1 is 1.15 bits per heavy atom. The van der Waals surface area contributed by atoms with Gasteiger partial charge in [-0.05, 0) is 18.1 Å². The van der Waals surface area contributed by atoms with Crippen molar-refractivity contribution < 1.29 is 23.5 Å². The Kier molecular flexibility index (Phi) is 6.45. The highest BCUT2D eigenvalue weighted by molar-refractivity contribution is 8.00. The summed E-state index contributed by atoms with van der Waals surface area (Å²) in [6, 6.07) is 4.27. The predicted octanol–water partition coefficient (Wildman–Crippen LogP) is 2.07. The van der Waals surface area contributed by atoms with Gasteiger partial charge in [0.05, 0.1) is 19.5 Å². The van der Waals surface area contributed by atoms with Gasteiger partial charge in [0.1, 0.15) is 11.5 Å². The molecule has 0 aliphatic carbocycles. The van der Waals surface area contributed by atoms with E-state index in [1.165, 1.54) is 14.2 Å². The normalized spacial score (nSPS) is 11.9. The van der Waals surface area contributed by atoms with Crippen LogP contribution in [0.3, 0.4) is 0 Å². The molecular weight excluding hydrogens is 360 g/mol. The SMILES string of the molecule is COc1cc(OC)cc(-c2nnc(S[C@@H](C(=O)NC(N)=O)C(C)C)o2)c1. The van der Waals surface area contributed by atoms with Gasteiger partial charge in [0.2, 0.25) is 11.8 Å². The minimum absolute atomic E-state index is 0.0911. The molecular formula is C16H20N4O5S. The van der Waals surface area contributed by atoms with Crippen LogP contribution >= 0.6 is 11.8 Å². The van der Waals surface area contributed by atoms with E-state index in [-0.39, 0.29) is 17.0 Å². The van der Waals surface area contributed by atoms with E-state index in [1.54, 1.807) is 18.2 Å². The van der Waals surface area contributed by atoms with Crippen molar-refractivity contribution in [3.63, 3.8) is 0 Å². The fraction of sp³-hybridized carbons (Fsp3) is 0.375. The monoisotopic (exact) mass is 380 g/mol. The maximum Gasteiger partial charge on any atom is 0.318 e. The van der Waals surface area contributed by atoms with Crippen LogP contribution in [0.25, 0.3) is 11.5 Å². The maximum atomic E-state index is 12.1.